The summed E-state index contributed by atoms with van der Waals surface area (Å²) in [5.41, 5.74) is -0.820. The van der Waals surface area contributed by atoms with E-state index in [0.29, 0.717) is 18.8 Å². The van der Waals surface area contributed by atoms with Crippen LogP contribution < -0.4 is 11.3 Å². The number of esters is 1. The van der Waals surface area contributed by atoms with Crippen molar-refractivity contribution in [1.82, 2.24) is 15.4 Å². The number of amides is 1. The summed E-state index contributed by atoms with van der Waals surface area (Å²) in [4.78, 5) is 60.5. The fourth-order valence-corrected chi connectivity index (χ4v) is 6.22. The first kappa shape index (κ1) is 32.7. The third kappa shape index (κ3) is 9.26. The quantitative estimate of drug-likeness (QED) is 0.0675. The number of nitrogens with zero attached hydrogens (tertiary/aromatic N) is 1. The summed E-state index contributed by atoms with van der Waals surface area (Å²) in [5.74, 6) is 4.07. The average Bonchev–Trinajstić information content (AvgIpc) is 3.53. The van der Waals surface area contributed by atoms with Gasteiger partial charge in [0.05, 0.1) is 17.8 Å². The lowest BCUT2D eigenvalue weighted by Crippen LogP contribution is -2.54. The number of hydrogen-bond donors (Lipinski definition) is 3. The van der Waals surface area contributed by atoms with Crippen molar-refractivity contribution in [1.29, 1.82) is 0 Å². The van der Waals surface area contributed by atoms with Gasteiger partial charge in [0.15, 0.2) is 5.82 Å². The molecular weight excluding hydrogens is 496 g/mol. The van der Waals surface area contributed by atoms with Crippen LogP contribution >= 0.6 is 0 Å². The van der Waals surface area contributed by atoms with Crippen LogP contribution in [-0.4, -0.2) is 39.0 Å². The zero-order valence-electron chi connectivity index (χ0n) is 25.0. The highest BCUT2D eigenvalue weighted by atomic mass is 16.6. The van der Waals surface area contributed by atoms with Crippen LogP contribution in [0.5, 0.6) is 0 Å². The molecule has 1 aliphatic rings. The summed E-state index contributed by atoms with van der Waals surface area (Å²) in [5, 5.41) is 0. The molecule has 0 bridgehead atoms. The molecule has 0 unspecified atom stereocenters. The molecule has 1 aromatic rings. The molecule has 0 spiro atoms. The first-order valence-corrected chi connectivity index (χ1v) is 14.4. The van der Waals surface area contributed by atoms with Gasteiger partial charge >= 0.3 is 5.97 Å². The Labute approximate surface area is 233 Å². The normalized spacial score (nSPS) is 17.1. The van der Waals surface area contributed by atoms with Crippen LogP contribution in [0, 0.1) is 28.6 Å². The number of hydrazine groups is 1. The SMILES string of the molecule is CC(C)C[C@](CC(C)(C)C(=O)CC(=O)c1ncc[nH]1)(C(=O)NN)[C@H](CCCC1CCCC1)C(=O)OC(C)(C)C. The average molecular weight is 547 g/mol. The third-order valence-corrected chi connectivity index (χ3v) is 7.89. The predicted molar refractivity (Wildman–Crippen MR) is 150 cm³/mol. The third-order valence-electron chi connectivity index (χ3n) is 7.89. The van der Waals surface area contributed by atoms with Gasteiger partial charge in [0, 0.05) is 17.8 Å². The summed E-state index contributed by atoms with van der Waals surface area (Å²) in [6.45, 7) is 12.9. The van der Waals surface area contributed by atoms with Gasteiger partial charge in [-0.05, 0) is 51.9 Å². The van der Waals surface area contributed by atoms with Crippen molar-refractivity contribution in [2.75, 3.05) is 0 Å². The van der Waals surface area contributed by atoms with E-state index >= 15 is 0 Å². The van der Waals surface area contributed by atoms with Gasteiger partial charge in [-0.1, -0.05) is 66.2 Å². The number of carbonyl (C=O) groups excluding carboxylic acids is 4. The molecule has 0 radical (unpaired) electrons. The first-order valence-electron chi connectivity index (χ1n) is 14.4. The van der Waals surface area contributed by atoms with E-state index in [1.165, 1.54) is 38.1 Å². The number of Topliss-reactive ketones (excluding diaryl/α,β-unsaturated/α-hetero) is 2. The topological polar surface area (TPSA) is 144 Å². The van der Waals surface area contributed by atoms with Crippen molar-refractivity contribution in [3.63, 3.8) is 0 Å². The number of nitrogens with two attached hydrogens (primary N) is 1. The Morgan fingerprint density at radius 3 is 2.28 bits per heavy atom. The lowest BCUT2D eigenvalue weighted by Gasteiger charge is -2.44. The van der Waals surface area contributed by atoms with Gasteiger partial charge < -0.3 is 9.72 Å². The Morgan fingerprint density at radius 2 is 1.77 bits per heavy atom. The van der Waals surface area contributed by atoms with Crippen molar-refractivity contribution in [2.24, 2.45) is 34.4 Å². The van der Waals surface area contributed by atoms with E-state index in [4.69, 9.17) is 10.6 Å². The Bertz CT molecular complexity index is 974. The minimum atomic E-state index is -1.30. The van der Waals surface area contributed by atoms with E-state index in [0.717, 1.165) is 12.8 Å². The molecule has 4 N–H and O–H groups in total. The van der Waals surface area contributed by atoms with Crippen LogP contribution in [-0.2, 0) is 19.1 Å². The number of carbonyl (C=O) groups is 4. The highest BCUT2D eigenvalue weighted by Crippen LogP contribution is 2.48. The molecule has 0 aromatic carbocycles. The number of hydrogen-bond acceptors (Lipinski definition) is 7. The Kier molecular flexibility index (Phi) is 11.5. The first-order chi connectivity index (χ1) is 18.1. The molecule has 2 atom stereocenters. The summed E-state index contributed by atoms with van der Waals surface area (Å²) in [6.07, 6.45) is 10.1. The van der Waals surface area contributed by atoms with Gasteiger partial charge in [-0.25, -0.2) is 10.8 Å². The van der Waals surface area contributed by atoms with E-state index in [2.05, 4.69) is 15.4 Å². The van der Waals surface area contributed by atoms with Crippen molar-refractivity contribution >= 4 is 23.4 Å². The van der Waals surface area contributed by atoms with Crippen LogP contribution in [0.2, 0.25) is 0 Å². The van der Waals surface area contributed by atoms with E-state index in [-0.39, 0.29) is 30.4 Å². The standard InChI is InChI=1S/C30H50N4O5/c1-20(2)18-30(27(38)34-31,19-29(6,7)24(36)17-23(35)25-32-15-16-33-25)22(26(37)39-28(3,4)5)14-10-13-21-11-8-9-12-21/h15-16,20-22H,8-14,17-19,31H2,1-7H3,(H,32,33)(H,34,38)/t22-,30-/m1/s1. The molecule has 0 saturated heterocycles. The molecule has 220 valence electrons. The number of aromatic nitrogens is 2. The number of ether oxygens (including phenoxy) is 1. The molecule has 2 rings (SSSR count). The molecule has 1 saturated carbocycles. The molecule has 1 aliphatic carbocycles. The Balaban J connectivity index is 2.46. The summed E-state index contributed by atoms with van der Waals surface area (Å²) >= 11 is 0. The number of aromatic amines is 1. The summed E-state index contributed by atoms with van der Waals surface area (Å²) < 4.78 is 5.88. The van der Waals surface area contributed by atoms with Gasteiger partial charge in [0.25, 0.3) is 0 Å². The Hall–Kier alpha value is -2.55. The molecule has 1 fully saturated rings. The van der Waals surface area contributed by atoms with Gasteiger partial charge in [-0.15, -0.1) is 0 Å². The lowest BCUT2D eigenvalue weighted by atomic mass is 9.59. The minimum Gasteiger partial charge on any atom is -0.460 e. The van der Waals surface area contributed by atoms with Gasteiger partial charge in [-0.2, -0.15) is 0 Å². The molecule has 1 amide bonds. The molecule has 1 heterocycles. The highest BCUT2D eigenvalue weighted by Gasteiger charge is 2.53. The molecule has 0 aliphatic heterocycles. The molecule has 9 heteroatoms. The van der Waals surface area contributed by atoms with E-state index in [1.807, 2.05) is 13.8 Å². The van der Waals surface area contributed by atoms with E-state index in [1.54, 1.807) is 34.6 Å². The second-order valence-electron chi connectivity index (χ2n) is 13.4. The number of ketones is 2. The Morgan fingerprint density at radius 1 is 1.13 bits per heavy atom. The van der Waals surface area contributed by atoms with Crippen LogP contribution in [0.3, 0.4) is 0 Å². The summed E-state index contributed by atoms with van der Waals surface area (Å²) in [6, 6.07) is 0. The van der Waals surface area contributed by atoms with E-state index < -0.39 is 40.0 Å². The van der Waals surface area contributed by atoms with E-state index in [9.17, 15) is 19.2 Å². The lowest BCUT2D eigenvalue weighted by molar-refractivity contribution is -0.172. The summed E-state index contributed by atoms with van der Waals surface area (Å²) in [7, 11) is 0. The minimum absolute atomic E-state index is 0.0257. The molecule has 39 heavy (non-hydrogen) atoms. The number of nitrogens with one attached hydrogen (secondary N) is 2. The van der Waals surface area contributed by atoms with Crippen molar-refractivity contribution in [2.45, 2.75) is 118 Å². The maximum atomic E-state index is 13.8. The molecule has 1 aromatic heterocycles. The maximum absolute atomic E-state index is 13.8. The molecule has 9 nitrogen and oxygen atoms in total. The monoisotopic (exact) mass is 546 g/mol. The fraction of sp³-hybridized carbons (Fsp3) is 0.767. The number of rotatable bonds is 15. The second kappa shape index (κ2) is 13.7. The number of H-pyrrole nitrogens is 1. The van der Waals surface area contributed by atoms with Gasteiger partial charge in [0.1, 0.15) is 11.4 Å². The van der Waals surface area contributed by atoms with Crippen LogP contribution in [0.1, 0.15) is 123 Å². The van der Waals surface area contributed by atoms with Crippen LogP contribution in [0.15, 0.2) is 12.4 Å². The fourth-order valence-electron chi connectivity index (χ4n) is 6.22. The van der Waals surface area contributed by atoms with Gasteiger partial charge in [-0.3, -0.25) is 24.6 Å². The second-order valence-corrected chi connectivity index (χ2v) is 13.4. The van der Waals surface area contributed by atoms with Crippen molar-refractivity contribution < 1.29 is 23.9 Å². The van der Waals surface area contributed by atoms with Crippen molar-refractivity contribution in [3.8, 4) is 0 Å². The largest absolute Gasteiger partial charge is 0.460 e. The van der Waals surface area contributed by atoms with Crippen LogP contribution in [0.4, 0.5) is 0 Å². The molecular formula is C30H50N4O5. The predicted octanol–water partition coefficient (Wildman–Crippen LogP) is 5.31. The maximum Gasteiger partial charge on any atom is 0.310 e. The van der Waals surface area contributed by atoms with Crippen molar-refractivity contribution in [3.05, 3.63) is 18.2 Å². The van der Waals surface area contributed by atoms with Crippen LogP contribution in [0.25, 0.3) is 0 Å². The zero-order valence-corrected chi connectivity index (χ0v) is 25.0. The highest BCUT2D eigenvalue weighted by molar-refractivity contribution is 6.07. The van der Waals surface area contributed by atoms with Gasteiger partial charge in [0.2, 0.25) is 11.7 Å². The number of imidazole rings is 1. The smallest absolute Gasteiger partial charge is 0.310 e. The zero-order chi connectivity index (χ0) is 29.4.